The number of amides is 1. The van der Waals surface area contributed by atoms with E-state index >= 15 is 0 Å². The van der Waals surface area contributed by atoms with Crippen LogP contribution >= 0.6 is 0 Å². The van der Waals surface area contributed by atoms with Crippen molar-refractivity contribution in [3.05, 3.63) is 65.7 Å². The lowest BCUT2D eigenvalue weighted by molar-refractivity contribution is -0.141. The monoisotopic (exact) mass is 470 g/mol. The molecule has 0 atom stereocenters. The van der Waals surface area contributed by atoms with Crippen molar-refractivity contribution in [1.82, 2.24) is 19.5 Å². The average Bonchev–Trinajstić information content (AvgIpc) is 3.25. The summed E-state index contributed by atoms with van der Waals surface area (Å²) in [6.45, 7) is -0.243. The standard InChI is InChI=1S/C19H17F3N4O5S/c1-30-14-5-3-6-15(31-2)16(14)32(28,29)25-18(27)13-8-7-12(11-26-10-4-9-23-26)17(24-13)19(20,21)22/h3-10H,11H2,1-2H3,(H,25,27). The number of alkyl halides is 3. The fourth-order valence-corrected chi connectivity index (χ4v) is 4.15. The maximum atomic E-state index is 13.5. The summed E-state index contributed by atoms with van der Waals surface area (Å²) in [7, 11) is -2.15. The molecule has 0 aliphatic carbocycles. The number of nitrogens with zero attached hydrogens (tertiary/aromatic N) is 3. The number of hydrogen-bond donors (Lipinski definition) is 1. The molecule has 3 aromatic rings. The van der Waals surface area contributed by atoms with Crippen LogP contribution in [-0.2, 0) is 22.7 Å². The lowest BCUT2D eigenvalue weighted by Gasteiger charge is -2.15. The number of pyridine rings is 1. The van der Waals surface area contributed by atoms with Crippen LogP contribution in [-0.4, -0.2) is 43.3 Å². The minimum atomic E-state index is -4.89. The lowest BCUT2D eigenvalue weighted by Crippen LogP contribution is -2.32. The van der Waals surface area contributed by atoms with E-state index in [1.165, 1.54) is 49.5 Å². The molecule has 1 aromatic carbocycles. The molecular weight excluding hydrogens is 453 g/mol. The van der Waals surface area contributed by atoms with Crippen molar-refractivity contribution in [2.24, 2.45) is 0 Å². The molecule has 32 heavy (non-hydrogen) atoms. The first kappa shape index (κ1) is 23.1. The lowest BCUT2D eigenvalue weighted by atomic mass is 10.1. The van der Waals surface area contributed by atoms with Gasteiger partial charge < -0.3 is 9.47 Å². The smallest absolute Gasteiger partial charge is 0.433 e. The van der Waals surface area contributed by atoms with E-state index in [2.05, 4.69) is 10.1 Å². The van der Waals surface area contributed by atoms with Crippen molar-refractivity contribution in [3.63, 3.8) is 0 Å². The second-order valence-electron chi connectivity index (χ2n) is 6.33. The third-order valence-electron chi connectivity index (χ3n) is 4.25. The van der Waals surface area contributed by atoms with Gasteiger partial charge in [-0.25, -0.2) is 18.1 Å². The molecule has 13 heteroatoms. The number of halogens is 3. The Morgan fingerprint density at radius 3 is 2.28 bits per heavy atom. The van der Waals surface area contributed by atoms with Gasteiger partial charge in [-0.3, -0.25) is 9.48 Å². The largest absolute Gasteiger partial charge is 0.495 e. The summed E-state index contributed by atoms with van der Waals surface area (Å²) in [6, 6.07) is 7.70. The van der Waals surface area contributed by atoms with Gasteiger partial charge in [0, 0.05) is 18.0 Å². The van der Waals surface area contributed by atoms with Gasteiger partial charge in [0.2, 0.25) is 0 Å². The van der Waals surface area contributed by atoms with Crippen molar-refractivity contribution in [1.29, 1.82) is 0 Å². The van der Waals surface area contributed by atoms with Gasteiger partial charge in [0.15, 0.2) is 4.90 Å². The Morgan fingerprint density at radius 1 is 1.09 bits per heavy atom. The van der Waals surface area contributed by atoms with Crippen molar-refractivity contribution in [3.8, 4) is 11.5 Å². The van der Waals surface area contributed by atoms with E-state index in [-0.39, 0.29) is 23.6 Å². The highest BCUT2D eigenvalue weighted by Crippen LogP contribution is 2.33. The molecule has 2 heterocycles. The molecule has 0 unspecified atom stereocenters. The summed E-state index contributed by atoms with van der Waals surface area (Å²) < 4.78 is 79.2. The Labute approximate surface area is 180 Å². The van der Waals surface area contributed by atoms with Crippen LogP contribution in [0.15, 0.2) is 53.7 Å². The number of benzene rings is 1. The molecule has 9 nitrogen and oxygen atoms in total. The van der Waals surface area contributed by atoms with Crippen LogP contribution < -0.4 is 14.2 Å². The molecule has 0 radical (unpaired) electrons. The van der Waals surface area contributed by atoms with E-state index in [1.807, 2.05) is 0 Å². The van der Waals surface area contributed by atoms with E-state index in [0.29, 0.717) is 0 Å². The molecule has 1 amide bonds. The summed E-state index contributed by atoms with van der Waals surface area (Å²) in [5, 5.41) is 3.85. The molecule has 0 saturated heterocycles. The number of aromatic nitrogens is 3. The van der Waals surface area contributed by atoms with Crippen LogP contribution in [0, 0.1) is 0 Å². The van der Waals surface area contributed by atoms with Crippen LogP contribution in [0.5, 0.6) is 11.5 Å². The first-order chi connectivity index (χ1) is 15.1. The van der Waals surface area contributed by atoms with Crippen LogP contribution in [0.4, 0.5) is 13.2 Å². The Bertz CT molecular complexity index is 1210. The topological polar surface area (TPSA) is 112 Å². The van der Waals surface area contributed by atoms with E-state index in [1.54, 1.807) is 10.8 Å². The minimum Gasteiger partial charge on any atom is -0.495 e. The van der Waals surface area contributed by atoms with Crippen LogP contribution in [0.25, 0.3) is 0 Å². The predicted octanol–water partition coefficient (Wildman–Crippen LogP) is 2.48. The summed E-state index contributed by atoms with van der Waals surface area (Å²) in [5.74, 6) is -1.60. The fourth-order valence-electron chi connectivity index (χ4n) is 2.86. The quantitative estimate of drug-likeness (QED) is 0.565. The highest BCUT2D eigenvalue weighted by Gasteiger charge is 2.37. The number of rotatable bonds is 7. The Balaban J connectivity index is 1.96. The van der Waals surface area contributed by atoms with Crippen molar-refractivity contribution >= 4 is 15.9 Å². The summed E-state index contributed by atoms with van der Waals surface area (Å²) in [5.41, 5.74) is -2.31. The zero-order valence-corrected chi connectivity index (χ0v) is 17.6. The maximum Gasteiger partial charge on any atom is 0.433 e. The molecule has 0 aliphatic heterocycles. The molecule has 3 rings (SSSR count). The number of carbonyl (C=O) groups is 1. The van der Waals surface area contributed by atoms with Gasteiger partial charge >= 0.3 is 6.18 Å². The number of sulfonamides is 1. The van der Waals surface area contributed by atoms with Crippen LogP contribution in [0.1, 0.15) is 21.7 Å². The SMILES string of the molecule is COc1cccc(OC)c1S(=O)(=O)NC(=O)c1ccc(Cn2cccn2)c(C(F)(F)F)n1. The number of ether oxygens (including phenoxy) is 2. The van der Waals surface area contributed by atoms with Gasteiger partial charge in [-0.05, 0) is 24.3 Å². The normalized spacial score (nSPS) is 11.8. The average molecular weight is 470 g/mol. The fraction of sp³-hybridized carbons (Fsp3) is 0.211. The Morgan fingerprint density at radius 2 is 1.75 bits per heavy atom. The van der Waals surface area contributed by atoms with Crippen molar-refractivity contribution < 1.29 is 35.9 Å². The highest BCUT2D eigenvalue weighted by molar-refractivity contribution is 7.90. The first-order valence-corrected chi connectivity index (χ1v) is 10.4. The third kappa shape index (κ3) is 4.82. The zero-order chi connectivity index (χ0) is 23.5. The Hall–Kier alpha value is -3.61. The molecule has 0 saturated carbocycles. The molecule has 0 bridgehead atoms. The predicted molar refractivity (Wildman–Crippen MR) is 105 cm³/mol. The molecule has 2 aromatic heterocycles. The summed E-state index contributed by atoms with van der Waals surface area (Å²) in [6.07, 6.45) is -2.02. The van der Waals surface area contributed by atoms with E-state index in [9.17, 15) is 26.4 Å². The number of carbonyl (C=O) groups excluding carboxylic acids is 1. The van der Waals surface area contributed by atoms with Gasteiger partial charge in [-0.15, -0.1) is 0 Å². The molecule has 0 aliphatic rings. The molecule has 0 spiro atoms. The van der Waals surface area contributed by atoms with Gasteiger partial charge in [0.05, 0.1) is 20.8 Å². The van der Waals surface area contributed by atoms with Gasteiger partial charge in [-0.1, -0.05) is 12.1 Å². The molecule has 0 fully saturated rings. The number of methoxy groups -OCH3 is 2. The van der Waals surface area contributed by atoms with E-state index in [4.69, 9.17) is 9.47 Å². The van der Waals surface area contributed by atoms with Crippen molar-refractivity contribution in [2.45, 2.75) is 17.6 Å². The highest BCUT2D eigenvalue weighted by atomic mass is 32.2. The number of nitrogens with one attached hydrogen (secondary N) is 1. The summed E-state index contributed by atoms with van der Waals surface area (Å²) in [4.78, 5) is 15.4. The Kier molecular flexibility index (Phi) is 6.39. The van der Waals surface area contributed by atoms with Gasteiger partial charge in [0.1, 0.15) is 22.9 Å². The zero-order valence-electron chi connectivity index (χ0n) is 16.8. The number of hydrogen-bond acceptors (Lipinski definition) is 7. The van der Waals surface area contributed by atoms with Gasteiger partial charge in [0.25, 0.3) is 15.9 Å². The minimum absolute atomic E-state index is 0.122. The molecule has 1 N–H and O–H groups in total. The van der Waals surface area contributed by atoms with Crippen LogP contribution in [0.2, 0.25) is 0 Å². The van der Waals surface area contributed by atoms with E-state index < -0.39 is 38.4 Å². The maximum absolute atomic E-state index is 13.5. The van der Waals surface area contributed by atoms with Gasteiger partial charge in [-0.2, -0.15) is 18.3 Å². The second kappa shape index (κ2) is 8.86. The first-order valence-electron chi connectivity index (χ1n) is 8.89. The van der Waals surface area contributed by atoms with Crippen LogP contribution in [0.3, 0.4) is 0 Å². The summed E-state index contributed by atoms with van der Waals surface area (Å²) >= 11 is 0. The molecule has 170 valence electrons. The van der Waals surface area contributed by atoms with Crippen molar-refractivity contribution in [2.75, 3.05) is 14.2 Å². The third-order valence-corrected chi connectivity index (χ3v) is 5.64. The molecular formula is C19H17F3N4O5S. The second-order valence-corrected chi connectivity index (χ2v) is 7.95. The van der Waals surface area contributed by atoms with E-state index in [0.717, 1.165) is 12.1 Å².